The standard InChI is InChI=1S/C11H24N3O2P.C2H6/c1-4-9(15)5-6-12-11(16)10(7-13-17)14-8(2)3;1-2/h8,10,13-14H,4-7,17H2,1-3H3,(H,12,16);1-2H3. The molecule has 6 heteroatoms. The van der Waals surface area contributed by atoms with Crippen LogP contribution in [0, 0.1) is 0 Å². The first-order valence-corrected chi connectivity index (χ1v) is 7.57. The summed E-state index contributed by atoms with van der Waals surface area (Å²) in [6.07, 6.45) is 0.932. The largest absolute Gasteiger partial charge is 0.354 e. The Morgan fingerprint density at radius 2 is 1.79 bits per heavy atom. The summed E-state index contributed by atoms with van der Waals surface area (Å²) in [5, 5.41) is 8.82. The fourth-order valence-electron chi connectivity index (χ4n) is 1.37. The smallest absolute Gasteiger partial charge is 0.238 e. The summed E-state index contributed by atoms with van der Waals surface area (Å²) in [6, 6.07) is -0.0365. The van der Waals surface area contributed by atoms with Crippen LogP contribution in [0.2, 0.25) is 0 Å². The third-order valence-corrected chi connectivity index (χ3v) is 2.51. The number of ketones is 1. The number of nitrogens with one attached hydrogen (secondary N) is 3. The minimum absolute atomic E-state index is 0.0717. The Morgan fingerprint density at radius 3 is 2.21 bits per heavy atom. The van der Waals surface area contributed by atoms with Crippen molar-refractivity contribution < 1.29 is 9.59 Å². The zero-order valence-corrected chi connectivity index (χ0v) is 14.0. The van der Waals surface area contributed by atoms with Gasteiger partial charge in [-0.2, -0.15) is 0 Å². The maximum atomic E-state index is 11.8. The van der Waals surface area contributed by atoms with E-state index < -0.39 is 0 Å². The van der Waals surface area contributed by atoms with Crippen LogP contribution in [0.4, 0.5) is 0 Å². The highest BCUT2D eigenvalue weighted by Gasteiger charge is 2.17. The summed E-state index contributed by atoms with van der Waals surface area (Å²) in [5.41, 5.74) is 0. The minimum atomic E-state index is -0.274. The van der Waals surface area contributed by atoms with Crippen LogP contribution in [0.3, 0.4) is 0 Å². The van der Waals surface area contributed by atoms with E-state index in [1.54, 1.807) is 0 Å². The van der Waals surface area contributed by atoms with E-state index in [9.17, 15) is 9.59 Å². The SMILES string of the molecule is CC.CCC(=O)CCNC(=O)C(CNP)NC(C)C. The van der Waals surface area contributed by atoms with Crippen LogP contribution in [0.5, 0.6) is 0 Å². The molecule has 0 aliphatic heterocycles. The molecule has 0 rings (SSSR count). The molecule has 3 N–H and O–H groups in total. The molecule has 2 atom stereocenters. The molecule has 2 unspecified atom stereocenters. The number of hydrogen-bond donors (Lipinski definition) is 3. The zero-order chi connectivity index (χ0) is 15.3. The number of hydrogen-bond acceptors (Lipinski definition) is 4. The van der Waals surface area contributed by atoms with Crippen LogP contribution in [0.25, 0.3) is 0 Å². The predicted molar refractivity (Wildman–Crippen MR) is 84.0 cm³/mol. The molecule has 0 aromatic rings. The monoisotopic (exact) mass is 291 g/mol. The molecule has 114 valence electrons. The second-order valence-corrected chi connectivity index (χ2v) is 4.62. The quantitative estimate of drug-likeness (QED) is 0.559. The van der Waals surface area contributed by atoms with Gasteiger partial charge in [-0.1, -0.05) is 44.0 Å². The van der Waals surface area contributed by atoms with Gasteiger partial charge < -0.3 is 10.6 Å². The molecule has 0 aliphatic carbocycles. The van der Waals surface area contributed by atoms with Crippen molar-refractivity contribution in [1.82, 2.24) is 15.7 Å². The predicted octanol–water partition coefficient (Wildman–Crippen LogP) is 1.24. The van der Waals surface area contributed by atoms with Crippen LogP contribution in [-0.4, -0.2) is 36.9 Å². The first-order valence-electron chi connectivity index (χ1n) is 7.00. The first-order chi connectivity index (χ1) is 9.01. The second kappa shape index (κ2) is 13.9. The van der Waals surface area contributed by atoms with Crippen molar-refractivity contribution in [2.45, 2.75) is 59.5 Å². The number of rotatable bonds is 9. The van der Waals surface area contributed by atoms with Gasteiger partial charge in [0, 0.05) is 32.0 Å². The van der Waals surface area contributed by atoms with Gasteiger partial charge in [0.1, 0.15) is 5.78 Å². The Balaban J connectivity index is 0. The lowest BCUT2D eigenvalue weighted by molar-refractivity contribution is -0.123. The van der Waals surface area contributed by atoms with Crippen molar-refractivity contribution in [2.75, 3.05) is 13.1 Å². The summed E-state index contributed by atoms with van der Waals surface area (Å²) < 4.78 is 0. The molecule has 0 radical (unpaired) electrons. The number of amides is 1. The van der Waals surface area contributed by atoms with E-state index in [2.05, 4.69) is 25.1 Å². The molecule has 1 amide bonds. The third kappa shape index (κ3) is 12.3. The number of carbonyl (C=O) groups excluding carboxylic acids is 2. The van der Waals surface area contributed by atoms with E-state index in [4.69, 9.17) is 0 Å². The number of Topliss-reactive ketones (excluding diaryl/α,β-unsaturated/α-hetero) is 1. The Hall–Kier alpha value is -0.510. The summed E-state index contributed by atoms with van der Waals surface area (Å²) in [5.74, 6) is 0.0976. The summed E-state index contributed by atoms with van der Waals surface area (Å²) >= 11 is 0. The normalized spacial score (nSPS) is 11.5. The fourth-order valence-corrected chi connectivity index (χ4v) is 1.61. The van der Waals surface area contributed by atoms with Crippen LogP contribution < -0.4 is 15.7 Å². The van der Waals surface area contributed by atoms with E-state index in [1.165, 1.54) is 0 Å². The Bertz CT molecular complexity index is 248. The summed E-state index contributed by atoms with van der Waals surface area (Å²) in [6.45, 7) is 10.8. The molecule has 19 heavy (non-hydrogen) atoms. The molecule has 5 nitrogen and oxygen atoms in total. The van der Waals surface area contributed by atoms with Crippen molar-refractivity contribution in [3.05, 3.63) is 0 Å². The average Bonchev–Trinajstić information content (AvgIpc) is 2.39. The average molecular weight is 291 g/mol. The molecule has 0 fully saturated rings. The topological polar surface area (TPSA) is 70.2 Å². The van der Waals surface area contributed by atoms with E-state index in [1.807, 2.05) is 34.6 Å². The van der Waals surface area contributed by atoms with Gasteiger partial charge in [0.15, 0.2) is 0 Å². The summed E-state index contributed by atoms with van der Waals surface area (Å²) in [4.78, 5) is 22.9. The molecule has 0 aliphatic rings. The number of carbonyl (C=O) groups is 2. The van der Waals surface area contributed by atoms with E-state index in [0.717, 1.165) is 0 Å². The zero-order valence-electron chi connectivity index (χ0n) is 12.9. The van der Waals surface area contributed by atoms with Gasteiger partial charge >= 0.3 is 0 Å². The summed E-state index contributed by atoms with van der Waals surface area (Å²) in [7, 11) is 2.38. The van der Waals surface area contributed by atoms with Crippen LogP contribution >= 0.6 is 9.39 Å². The van der Waals surface area contributed by atoms with Crippen LogP contribution in [0.1, 0.15) is 47.5 Å². The van der Waals surface area contributed by atoms with E-state index in [-0.39, 0.29) is 23.8 Å². The molecule has 0 bridgehead atoms. The van der Waals surface area contributed by atoms with Gasteiger partial charge in [-0.25, -0.2) is 0 Å². The van der Waals surface area contributed by atoms with Gasteiger partial charge in [-0.3, -0.25) is 14.7 Å². The highest BCUT2D eigenvalue weighted by molar-refractivity contribution is 7.13. The van der Waals surface area contributed by atoms with Crippen LogP contribution in [0.15, 0.2) is 0 Å². The van der Waals surface area contributed by atoms with Crippen molar-refractivity contribution in [2.24, 2.45) is 0 Å². The van der Waals surface area contributed by atoms with Gasteiger partial charge in [-0.15, -0.1) is 0 Å². The van der Waals surface area contributed by atoms with Crippen molar-refractivity contribution >= 4 is 21.1 Å². The van der Waals surface area contributed by atoms with Gasteiger partial charge in [0.25, 0.3) is 0 Å². The highest BCUT2D eigenvalue weighted by atomic mass is 31.0. The van der Waals surface area contributed by atoms with Gasteiger partial charge in [-0.05, 0) is 0 Å². The highest BCUT2D eigenvalue weighted by Crippen LogP contribution is 1.91. The van der Waals surface area contributed by atoms with E-state index in [0.29, 0.717) is 25.9 Å². The first kappa shape index (κ1) is 20.8. The Labute approximate surface area is 119 Å². The maximum absolute atomic E-state index is 11.8. The maximum Gasteiger partial charge on any atom is 0.238 e. The molecule has 0 aromatic carbocycles. The fraction of sp³-hybridized carbons (Fsp3) is 0.846. The van der Waals surface area contributed by atoms with Crippen LogP contribution in [-0.2, 0) is 9.59 Å². The third-order valence-electron chi connectivity index (χ3n) is 2.27. The van der Waals surface area contributed by atoms with Gasteiger partial charge in [0.05, 0.1) is 6.04 Å². The van der Waals surface area contributed by atoms with Crippen molar-refractivity contribution in [1.29, 1.82) is 0 Å². The minimum Gasteiger partial charge on any atom is -0.354 e. The molecule has 0 heterocycles. The molecule has 0 saturated carbocycles. The molecule has 0 saturated heterocycles. The Kier molecular flexibility index (Phi) is 15.2. The molecular formula is C13H30N3O2P. The molecular weight excluding hydrogens is 261 g/mol. The lowest BCUT2D eigenvalue weighted by Gasteiger charge is -2.20. The lowest BCUT2D eigenvalue weighted by Crippen LogP contribution is -2.51. The van der Waals surface area contributed by atoms with Crippen molar-refractivity contribution in [3.8, 4) is 0 Å². The lowest BCUT2D eigenvalue weighted by atomic mass is 10.2. The van der Waals surface area contributed by atoms with Crippen molar-refractivity contribution in [3.63, 3.8) is 0 Å². The second-order valence-electron chi connectivity index (χ2n) is 4.22. The molecule has 0 aromatic heterocycles. The Morgan fingerprint density at radius 1 is 1.21 bits per heavy atom. The van der Waals surface area contributed by atoms with E-state index >= 15 is 0 Å². The van der Waals surface area contributed by atoms with Gasteiger partial charge in [0.2, 0.25) is 5.91 Å². The molecule has 0 spiro atoms.